The number of rotatable bonds is 3. The van der Waals surface area contributed by atoms with E-state index in [-0.39, 0.29) is 17.6 Å². The van der Waals surface area contributed by atoms with Gasteiger partial charge in [-0.3, -0.25) is 0 Å². The molecule has 5 heteroatoms. The minimum Gasteiger partial charge on any atom is -0.480 e. The van der Waals surface area contributed by atoms with E-state index in [0.717, 1.165) is 32.1 Å². The fraction of sp³-hybridized carbons (Fsp3) is 0.875. The van der Waals surface area contributed by atoms with Crippen molar-refractivity contribution in [2.24, 2.45) is 5.92 Å². The molecule has 1 heterocycles. The molecule has 2 rings (SSSR count). The molecule has 120 valence electrons. The van der Waals surface area contributed by atoms with Crippen molar-refractivity contribution in [2.75, 3.05) is 7.05 Å². The zero-order valence-corrected chi connectivity index (χ0v) is 13.6. The minimum absolute atomic E-state index is 0.113. The zero-order chi connectivity index (χ0) is 15.8. The second-order valence-corrected chi connectivity index (χ2v) is 7.12. The van der Waals surface area contributed by atoms with Gasteiger partial charge < -0.3 is 14.9 Å². The summed E-state index contributed by atoms with van der Waals surface area (Å²) in [6.07, 6.45) is 5.71. The lowest BCUT2D eigenvalue weighted by Crippen LogP contribution is -2.56. The number of hydrogen-bond donors (Lipinski definition) is 1. The summed E-state index contributed by atoms with van der Waals surface area (Å²) in [5.41, 5.74) is -0.257. The summed E-state index contributed by atoms with van der Waals surface area (Å²) in [4.78, 5) is 27.9. The molecule has 1 aliphatic carbocycles. The van der Waals surface area contributed by atoms with Crippen LogP contribution < -0.4 is 0 Å². The Bertz CT molecular complexity index is 422. The number of carboxylic acid groups (broad SMARTS) is 1. The molecule has 3 atom stereocenters. The smallest absolute Gasteiger partial charge is 0.326 e. The molecule has 0 aromatic rings. The van der Waals surface area contributed by atoms with E-state index in [1.54, 1.807) is 16.8 Å². The van der Waals surface area contributed by atoms with Crippen LogP contribution >= 0.6 is 0 Å². The van der Waals surface area contributed by atoms with Crippen molar-refractivity contribution in [2.45, 2.75) is 76.9 Å². The van der Waals surface area contributed by atoms with E-state index in [0.29, 0.717) is 12.3 Å². The molecule has 2 fully saturated rings. The lowest BCUT2D eigenvalue weighted by Gasteiger charge is -2.41. The van der Waals surface area contributed by atoms with E-state index in [1.165, 1.54) is 0 Å². The Morgan fingerprint density at radius 2 is 1.90 bits per heavy atom. The first-order chi connectivity index (χ1) is 9.79. The molecule has 1 saturated carbocycles. The Hall–Kier alpha value is -1.26. The average molecular weight is 296 g/mol. The highest BCUT2D eigenvalue weighted by molar-refractivity contribution is 5.84. The van der Waals surface area contributed by atoms with Crippen LogP contribution in [-0.2, 0) is 4.79 Å². The fourth-order valence-electron chi connectivity index (χ4n) is 3.62. The highest BCUT2D eigenvalue weighted by Crippen LogP contribution is 2.40. The number of urea groups is 1. The van der Waals surface area contributed by atoms with Crippen LogP contribution in [0.1, 0.15) is 59.3 Å². The van der Waals surface area contributed by atoms with Crippen molar-refractivity contribution in [1.29, 1.82) is 0 Å². The van der Waals surface area contributed by atoms with E-state index < -0.39 is 12.0 Å². The molecule has 0 spiro atoms. The van der Waals surface area contributed by atoms with Crippen molar-refractivity contribution in [3.63, 3.8) is 0 Å². The summed E-state index contributed by atoms with van der Waals surface area (Å²) in [5, 5.41) is 9.51. The number of fused-ring (bicyclic) bond motifs is 1. The number of nitrogens with zero attached hydrogens (tertiary/aromatic N) is 2. The Kier molecular flexibility index (Phi) is 4.49. The predicted molar refractivity (Wildman–Crippen MR) is 81.2 cm³/mol. The molecule has 1 saturated heterocycles. The third kappa shape index (κ3) is 2.87. The van der Waals surface area contributed by atoms with Gasteiger partial charge in [0.25, 0.3) is 0 Å². The van der Waals surface area contributed by atoms with Crippen molar-refractivity contribution in [3.8, 4) is 0 Å². The van der Waals surface area contributed by atoms with E-state index >= 15 is 0 Å². The summed E-state index contributed by atoms with van der Waals surface area (Å²) in [6.45, 7) is 6.09. The number of carbonyl (C=O) groups excluding carboxylic acids is 1. The van der Waals surface area contributed by atoms with Gasteiger partial charge in [0.1, 0.15) is 6.04 Å². The quantitative estimate of drug-likeness (QED) is 0.871. The number of carboxylic acids is 1. The van der Waals surface area contributed by atoms with Crippen LogP contribution in [0.5, 0.6) is 0 Å². The van der Waals surface area contributed by atoms with E-state index in [1.807, 2.05) is 20.8 Å². The molecule has 1 N–H and O–H groups in total. The maximum atomic E-state index is 12.9. The van der Waals surface area contributed by atoms with Crippen molar-refractivity contribution in [1.82, 2.24) is 9.80 Å². The topological polar surface area (TPSA) is 60.9 Å². The molecule has 0 bridgehead atoms. The second kappa shape index (κ2) is 5.85. The van der Waals surface area contributed by atoms with Crippen LogP contribution in [0.25, 0.3) is 0 Å². The first kappa shape index (κ1) is 16.1. The van der Waals surface area contributed by atoms with Gasteiger partial charge >= 0.3 is 12.0 Å². The SMILES string of the molecule is CCC(C)(C)N(C)C(=O)N1C(C(=O)O)CC2CCCCC21. The minimum atomic E-state index is -0.861. The van der Waals surface area contributed by atoms with Gasteiger partial charge in [-0.25, -0.2) is 9.59 Å². The molecule has 1 aliphatic heterocycles. The van der Waals surface area contributed by atoms with Crippen molar-refractivity contribution in [3.05, 3.63) is 0 Å². The molecule has 2 amide bonds. The van der Waals surface area contributed by atoms with Crippen LogP contribution in [0, 0.1) is 5.92 Å². The van der Waals surface area contributed by atoms with Gasteiger partial charge in [-0.05, 0) is 45.4 Å². The predicted octanol–water partition coefficient (Wildman–Crippen LogP) is 2.94. The molecule has 3 unspecified atom stereocenters. The number of hydrogen-bond acceptors (Lipinski definition) is 2. The summed E-state index contributed by atoms with van der Waals surface area (Å²) in [5.74, 6) is -0.498. The molecule has 0 radical (unpaired) electrons. The molecule has 5 nitrogen and oxygen atoms in total. The third-order valence-corrected chi connectivity index (χ3v) is 5.65. The fourth-order valence-corrected chi connectivity index (χ4v) is 3.62. The lowest BCUT2D eigenvalue weighted by molar-refractivity contribution is -0.141. The summed E-state index contributed by atoms with van der Waals surface area (Å²) in [7, 11) is 1.79. The molecular weight excluding hydrogens is 268 g/mol. The summed E-state index contributed by atoms with van der Waals surface area (Å²) < 4.78 is 0. The normalized spacial score (nSPS) is 29.1. The van der Waals surface area contributed by atoms with Gasteiger partial charge in [0.15, 0.2) is 0 Å². The van der Waals surface area contributed by atoms with Gasteiger partial charge in [0.05, 0.1) is 0 Å². The highest BCUT2D eigenvalue weighted by Gasteiger charge is 2.49. The van der Waals surface area contributed by atoms with Gasteiger partial charge in [0.2, 0.25) is 0 Å². The Labute approximate surface area is 127 Å². The Morgan fingerprint density at radius 3 is 2.48 bits per heavy atom. The standard InChI is InChI=1S/C16H28N2O3/c1-5-16(2,3)17(4)15(21)18-12-9-7-6-8-11(12)10-13(18)14(19)20/h11-13H,5-10H2,1-4H3,(H,19,20). The molecule has 21 heavy (non-hydrogen) atoms. The van der Waals surface area contributed by atoms with Crippen LogP contribution in [0.2, 0.25) is 0 Å². The van der Waals surface area contributed by atoms with Crippen LogP contribution in [0.15, 0.2) is 0 Å². The van der Waals surface area contributed by atoms with Gasteiger partial charge in [0, 0.05) is 18.6 Å². The van der Waals surface area contributed by atoms with Crippen molar-refractivity contribution < 1.29 is 14.7 Å². The maximum absolute atomic E-state index is 12.9. The molecule has 2 aliphatic rings. The van der Waals surface area contributed by atoms with Crippen LogP contribution in [0.4, 0.5) is 4.79 Å². The average Bonchev–Trinajstić information content (AvgIpc) is 2.85. The second-order valence-electron chi connectivity index (χ2n) is 7.12. The Morgan fingerprint density at radius 1 is 1.29 bits per heavy atom. The largest absolute Gasteiger partial charge is 0.480 e. The maximum Gasteiger partial charge on any atom is 0.326 e. The van der Waals surface area contributed by atoms with Crippen LogP contribution in [-0.4, -0.2) is 51.6 Å². The zero-order valence-electron chi connectivity index (χ0n) is 13.6. The lowest BCUT2D eigenvalue weighted by atomic mass is 9.85. The molecular formula is C16H28N2O3. The first-order valence-corrected chi connectivity index (χ1v) is 8.08. The van der Waals surface area contributed by atoms with Gasteiger partial charge in [-0.2, -0.15) is 0 Å². The monoisotopic (exact) mass is 296 g/mol. The van der Waals surface area contributed by atoms with Gasteiger partial charge in [-0.15, -0.1) is 0 Å². The molecule has 0 aromatic heterocycles. The van der Waals surface area contributed by atoms with E-state index in [9.17, 15) is 14.7 Å². The summed E-state index contributed by atoms with van der Waals surface area (Å²) >= 11 is 0. The van der Waals surface area contributed by atoms with Crippen LogP contribution in [0.3, 0.4) is 0 Å². The van der Waals surface area contributed by atoms with E-state index in [2.05, 4.69) is 0 Å². The summed E-state index contributed by atoms with van der Waals surface area (Å²) in [6, 6.07) is -0.660. The number of carbonyl (C=O) groups is 2. The third-order valence-electron chi connectivity index (χ3n) is 5.65. The number of likely N-dealkylation sites (tertiary alicyclic amines) is 1. The Balaban J connectivity index is 2.25. The van der Waals surface area contributed by atoms with Crippen molar-refractivity contribution >= 4 is 12.0 Å². The van der Waals surface area contributed by atoms with E-state index in [4.69, 9.17) is 0 Å². The van der Waals surface area contributed by atoms with Gasteiger partial charge in [-0.1, -0.05) is 19.8 Å². The number of aliphatic carboxylic acids is 1. The molecule has 0 aromatic carbocycles. The number of amides is 2. The highest BCUT2D eigenvalue weighted by atomic mass is 16.4. The first-order valence-electron chi connectivity index (χ1n) is 8.08.